The molecule has 0 unspecified atom stereocenters. The van der Waals surface area contributed by atoms with Crippen molar-refractivity contribution in [3.05, 3.63) is 28.7 Å². The first-order valence-corrected chi connectivity index (χ1v) is 7.06. The number of carbonyl (C=O) groups is 1. The molecular formula is C10H11BrNO4S-. The molecule has 17 heavy (non-hydrogen) atoms. The number of halogens is 1. The average molecular weight is 321 g/mol. The van der Waals surface area contributed by atoms with Crippen LogP contribution < -0.4 is 5.11 Å². The number of hydrogen-bond donors (Lipinski definition) is 0. The summed E-state index contributed by atoms with van der Waals surface area (Å²) in [6.07, 6.45) is 0. The fourth-order valence-electron chi connectivity index (χ4n) is 1.27. The van der Waals surface area contributed by atoms with Crippen molar-refractivity contribution in [1.82, 2.24) is 4.31 Å². The number of aliphatic carboxylic acids is 1. The summed E-state index contributed by atoms with van der Waals surface area (Å²) in [4.78, 5) is 10.5. The van der Waals surface area contributed by atoms with Crippen molar-refractivity contribution in [2.75, 3.05) is 13.1 Å². The lowest BCUT2D eigenvalue weighted by atomic mass is 10.4. The Labute approximate surface area is 108 Å². The molecule has 1 rings (SSSR count). The van der Waals surface area contributed by atoms with Crippen molar-refractivity contribution < 1.29 is 18.3 Å². The Kier molecular flexibility index (Phi) is 4.67. The van der Waals surface area contributed by atoms with Crippen LogP contribution in [0, 0.1) is 0 Å². The molecule has 0 N–H and O–H groups in total. The minimum Gasteiger partial charge on any atom is -0.549 e. The summed E-state index contributed by atoms with van der Waals surface area (Å²) in [5, 5.41) is 10.5. The van der Waals surface area contributed by atoms with E-state index in [0.29, 0.717) is 0 Å². The minimum absolute atomic E-state index is 0.0591. The molecule has 0 amide bonds. The predicted molar refractivity (Wildman–Crippen MR) is 63.6 cm³/mol. The highest BCUT2D eigenvalue weighted by atomic mass is 79.9. The number of benzene rings is 1. The SMILES string of the molecule is CCN(CC(=O)[O-])S(=O)(=O)c1ccc(Br)cc1. The number of rotatable bonds is 5. The Balaban J connectivity index is 3.08. The summed E-state index contributed by atoms with van der Waals surface area (Å²) in [6.45, 7) is 1.00. The van der Waals surface area contributed by atoms with E-state index in [1.807, 2.05) is 0 Å². The number of likely N-dealkylation sites (N-methyl/N-ethyl adjacent to an activating group) is 1. The molecule has 0 saturated carbocycles. The van der Waals surface area contributed by atoms with E-state index < -0.39 is 22.5 Å². The minimum atomic E-state index is -3.77. The summed E-state index contributed by atoms with van der Waals surface area (Å²) in [5.74, 6) is -1.42. The Bertz CT molecular complexity index is 498. The largest absolute Gasteiger partial charge is 0.549 e. The van der Waals surface area contributed by atoms with Crippen LogP contribution in [0.4, 0.5) is 0 Å². The highest BCUT2D eigenvalue weighted by molar-refractivity contribution is 9.10. The number of hydrogen-bond acceptors (Lipinski definition) is 4. The maximum Gasteiger partial charge on any atom is 0.243 e. The number of sulfonamides is 1. The fourth-order valence-corrected chi connectivity index (χ4v) is 2.92. The summed E-state index contributed by atoms with van der Waals surface area (Å²) < 4.78 is 25.7. The second-order valence-corrected chi connectivity index (χ2v) is 6.11. The third kappa shape index (κ3) is 3.52. The lowest BCUT2D eigenvalue weighted by molar-refractivity contribution is -0.305. The van der Waals surface area contributed by atoms with Gasteiger partial charge in [-0.2, -0.15) is 4.31 Å². The molecular weight excluding hydrogens is 310 g/mol. The molecule has 0 atom stereocenters. The normalized spacial score (nSPS) is 11.7. The van der Waals surface area contributed by atoms with Gasteiger partial charge in [-0.15, -0.1) is 0 Å². The van der Waals surface area contributed by atoms with Gasteiger partial charge in [-0.3, -0.25) is 0 Å². The highest BCUT2D eigenvalue weighted by Crippen LogP contribution is 2.18. The van der Waals surface area contributed by atoms with Crippen molar-refractivity contribution in [3.8, 4) is 0 Å². The molecule has 0 spiro atoms. The molecule has 7 heteroatoms. The van der Waals surface area contributed by atoms with E-state index in [1.54, 1.807) is 19.1 Å². The molecule has 0 heterocycles. The summed E-state index contributed by atoms with van der Waals surface area (Å²) in [7, 11) is -3.77. The van der Waals surface area contributed by atoms with Gasteiger partial charge in [0.05, 0.1) is 17.4 Å². The zero-order valence-electron chi connectivity index (χ0n) is 9.09. The molecule has 94 valence electrons. The van der Waals surface area contributed by atoms with E-state index in [1.165, 1.54) is 12.1 Å². The van der Waals surface area contributed by atoms with Crippen LogP contribution in [0.5, 0.6) is 0 Å². The zero-order chi connectivity index (χ0) is 13.1. The first kappa shape index (κ1) is 14.1. The maximum absolute atomic E-state index is 12.0. The van der Waals surface area contributed by atoms with Gasteiger partial charge in [-0.05, 0) is 24.3 Å². The van der Waals surface area contributed by atoms with E-state index in [0.717, 1.165) is 8.78 Å². The van der Waals surface area contributed by atoms with E-state index in [9.17, 15) is 18.3 Å². The number of carboxylic acids is 1. The molecule has 0 aliphatic heterocycles. The molecule has 1 aromatic carbocycles. The third-order valence-corrected chi connectivity index (χ3v) is 4.57. The lowest BCUT2D eigenvalue weighted by Crippen LogP contribution is -2.41. The van der Waals surface area contributed by atoms with E-state index in [2.05, 4.69) is 15.9 Å². The van der Waals surface area contributed by atoms with Crippen LogP contribution >= 0.6 is 15.9 Å². The summed E-state index contributed by atoms with van der Waals surface area (Å²) in [6, 6.07) is 5.99. The Morgan fingerprint density at radius 3 is 2.29 bits per heavy atom. The van der Waals surface area contributed by atoms with Gasteiger partial charge >= 0.3 is 0 Å². The number of carbonyl (C=O) groups excluding carboxylic acids is 1. The molecule has 0 aromatic heterocycles. The molecule has 0 bridgehead atoms. The smallest absolute Gasteiger partial charge is 0.243 e. The van der Waals surface area contributed by atoms with E-state index >= 15 is 0 Å². The first-order chi connectivity index (χ1) is 7.87. The van der Waals surface area contributed by atoms with Crippen molar-refractivity contribution >= 4 is 31.9 Å². The van der Waals surface area contributed by atoms with Crippen LogP contribution in [0.25, 0.3) is 0 Å². The highest BCUT2D eigenvalue weighted by Gasteiger charge is 2.22. The summed E-state index contributed by atoms with van der Waals surface area (Å²) in [5.41, 5.74) is 0. The zero-order valence-corrected chi connectivity index (χ0v) is 11.5. The topological polar surface area (TPSA) is 77.5 Å². The van der Waals surface area contributed by atoms with Crippen molar-refractivity contribution in [2.24, 2.45) is 0 Å². The van der Waals surface area contributed by atoms with Crippen molar-refractivity contribution in [1.29, 1.82) is 0 Å². The van der Waals surface area contributed by atoms with Gasteiger partial charge in [0, 0.05) is 11.0 Å². The second kappa shape index (κ2) is 5.61. The van der Waals surface area contributed by atoms with Gasteiger partial charge in [0.15, 0.2) is 0 Å². The predicted octanol–water partition coefficient (Wildman–Crippen LogP) is 0.210. The van der Waals surface area contributed by atoms with Crippen LogP contribution in [0.2, 0.25) is 0 Å². The molecule has 0 saturated heterocycles. The van der Waals surface area contributed by atoms with Crippen LogP contribution in [-0.4, -0.2) is 31.8 Å². The van der Waals surface area contributed by atoms with Crippen LogP contribution in [0.3, 0.4) is 0 Å². The van der Waals surface area contributed by atoms with E-state index in [4.69, 9.17) is 0 Å². The molecule has 0 fully saturated rings. The fraction of sp³-hybridized carbons (Fsp3) is 0.300. The molecule has 0 aliphatic rings. The van der Waals surface area contributed by atoms with Crippen LogP contribution in [0.15, 0.2) is 33.6 Å². The number of carboxylic acid groups (broad SMARTS) is 1. The van der Waals surface area contributed by atoms with Gasteiger partial charge < -0.3 is 9.90 Å². The van der Waals surface area contributed by atoms with Gasteiger partial charge in [-0.1, -0.05) is 22.9 Å². The van der Waals surface area contributed by atoms with Crippen LogP contribution in [-0.2, 0) is 14.8 Å². The Morgan fingerprint density at radius 1 is 1.35 bits per heavy atom. The lowest BCUT2D eigenvalue weighted by Gasteiger charge is -2.20. The third-order valence-electron chi connectivity index (χ3n) is 2.11. The van der Waals surface area contributed by atoms with Gasteiger partial charge in [0.2, 0.25) is 10.0 Å². The maximum atomic E-state index is 12.0. The van der Waals surface area contributed by atoms with Crippen LogP contribution in [0.1, 0.15) is 6.92 Å². The molecule has 5 nitrogen and oxygen atoms in total. The standard InChI is InChI=1S/C10H12BrNO4S/c1-2-12(7-10(13)14)17(15,16)9-5-3-8(11)4-6-9/h3-6H,2,7H2,1H3,(H,13,14)/p-1. The monoisotopic (exact) mass is 320 g/mol. The van der Waals surface area contributed by atoms with Gasteiger partial charge in [0.25, 0.3) is 0 Å². The van der Waals surface area contributed by atoms with Gasteiger partial charge in [0.1, 0.15) is 0 Å². The Morgan fingerprint density at radius 2 is 1.88 bits per heavy atom. The van der Waals surface area contributed by atoms with Crippen molar-refractivity contribution in [2.45, 2.75) is 11.8 Å². The van der Waals surface area contributed by atoms with Gasteiger partial charge in [-0.25, -0.2) is 8.42 Å². The molecule has 1 aromatic rings. The van der Waals surface area contributed by atoms with Crippen molar-refractivity contribution in [3.63, 3.8) is 0 Å². The van der Waals surface area contributed by atoms with E-state index in [-0.39, 0.29) is 11.4 Å². The summed E-state index contributed by atoms with van der Waals surface area (Å²) >= 11 is 3.19. The molecule has 0 aliphatic carbocycles. The average Bonchev–Trinajstić information content (AvgIpc) is 2.26. The first-order valence-electron chi connectivity index (χ1n) is 4.83. The number of nitrogens with zero attached hydrogens (tertiary/aromatic N) is 1. The Hall–Kier alpha value is -0.920. The molecule has 0 radical (unpaired) electrons. The second-order valence-electron chi connectivity index (χ2n) is 3.26. The quantitative estimate of drug-likeness (QED) is 0.777.